The summed E-state index contributed by atoms with van der Waals surface area (Å²) in [6, 6.07) is 6.56. The third kappa shape index (κ3) is 2.30. The van der Waals surface area contributed by atoms with Crippen molar-refractivity contribution < 1.29 is 8.42 Å². The summed E-state index contributed by atoms with van der Waals surface area (Å²) in [6.07, 6.45) is 0. The van der Waals surface area contributed by atoms with Gasteiger partial charge in [0.25, 0.3) is 10.0 Å². The number of hydrogen-bond acceptors (Lipinski definition) is 4. The van der Waals surface area contributed by atoms with E-state index in [1.165, 1.54) is 0 Å². The van der Waals surface area contributed by atoms with Crippen molar-refractivity contribution in [2.45, 2.75) is 18.7 Å². The molecule has 0 aliphatic carbocycles. The fourth-order valence-electron chi connectivity index (χ4n) is 1.74. The molecular formula is C11H14N4O2S. The molecule has 0 aliphatic rings. The van der Waals surface area contributed by atoms with E-state index in [2.05, 4.69) is 14.9 Å². The quantitative estimate of drug-likeness (QED) is 0.731. The molecule has 4 N–H and O–H groups in total. The van der Waals surface area contributed by atoms with Gasteiger partial charge in [-0.2, -0.15) is 5.10 Å². The number of aryl methyl sites for hydroxylation is 2. The van der Waals surface area contributed by atoms with E-state index in [9.17, 15) is 8.42 Å². The van der Waals surface area contributed by atoms with E-state index < -0.39 is 10.0 Å². The molecule has 0 atom stereocenters. The molecule has 0 fully saturated rings. The lowest BCUT2D eigenvalue weighted by molar-refractivity contribution is 0.600. The Labute approximate surface area is 105 Å². The average molecular weight is 266 g/mol. The second kappa shape index (κ2) is 4.34. The highest BCUT2D eigenvalue weighted by atomic mass is 32.2. The average Bonchev–Trinajstić information content (AvgIpc) is 2.58. The first-order valence-corrected chi connectivity index (χ1v) is 6.78. The van der Waals surface area contributed by atoms with Crippen LogP contribution in [-0.4, -0.2) is 18.6 Å². The van der Waals surface area contributed by atoms with E-state index in [1.807, 2.05) is 0 Å². The normalized spacial score (nSPS) is 11.4. The highest BCUT2D eigenvalue weighted by molar-refractivity contribution is 7.92. The number of sulfonamides is 1. The molecule has 0 unspecified atom stereocenters. The number of aromatic amines is 1. The number of rotatable bonds is 3. The Balaban J connectivity index is 2.39. The Morgan fingerprint density at radius 3 is 2.61 bits per heavy atom. The van der Waals surface area contributed by atoms with Crippen LogP contribution in [0.4, 0.5) is 11.4 Å². The van der Waals surface area contributed by atoms with E-state index in [4.69, 9.17) is 5.73 Å². The summed E-state index contributed by atoms with van der Waals surface area (Å²) in [5.74, 6) is 0. The minimum atomic E-state index is -3.65. The van der Waals surface area contributed by atoms with Crippen LogP contribution < -0.4 is 10.5 Å². The third-order valence-electron chi connectivity index (χ3n) is 2.47. The molecule has 1 heterocycles. The van der Waals surface area contributed by atoms with E-state index in [1.54, 1.807) is 38.1 Å². The van der Waals surface area contributed by atoms with E-state index in [0.29, 0.717) is 22.8 Å². The van der Waals surface area contributed by atoms with Crippen LogP contribution in [-0.2, 0) is 10.0 Å². The van der Waals surface area contributed by atoms with Gasteiger partial charge in [-0.05, 0) is 32.0 Å². The van der Waals surface area contributed by atoms with Gasteiger partial charge in [0, 0.05) is 5.69 Å². The van der Waals surface area contributed by atoms with Gasteiger partial charge in [-0.25, -0.2) is 8.42 Å². The molecule has 96 valence electrons. The minimum Gasteiger partial charge on any atom is -0.399 e. The number of nitrogens with two attached hydrogens (primary N) is 1. The topological polar surface area (TPSA) is 101 Å². The Morgan fingerprint density at radius 1 is 1.33 bits per heavy atom. The fourth-order valence-corrected chi connectivity index (χ4v) is 3.17. The Bertz CT molecular complexity index is 657. The molecule has 0 bridgehead atoms. The predicted octanol–water partition coefficient (Wildman–Crippen LogP) is 1.41. The van der Waals surface area contributed by atoms with Crippen LogP contribution in [0.2, 0.25) is 0 Å². The van der Waals surface area contributed by atoms with E-state index >= 15 is 0 Å². The maximum atomic E-state index is 12.2. The van der Waals surface area contributed by atoms with Gasteiger partial charge >= 0.3 is 0 Å². The summed E-state index contributed by atoms with van der Waals surface area (Å²) in [5, 5.41) is 6.52. The maximum absolute atomic E-state index is 12.2. The molecule has 1 aromatic heterocycles. The highest BCUT2D eigenvalue weighted by Crippen LogP contribution is 2.21. The van der Waals surface area contributed by atoms with Gasteiger partial charge in [-0.1, -0.05) is 6.07 Å². The monoisotopic (exact) mass is 266 g/mol. The zero-order valence-corrected chi connectivity index (χ0v) is 10.9. The van der Waals surface area contributed by atoms with Crippen LogP contribution >= 0.6 is 0 Å². The minimum absolute atomic E-state index is 0.171. The molecule has 7 heteroatoms. The van der Waals surface area contributed by atoms with Crippen molar-refractivity contribution in [2.24, 2.45) is 0 Å². The molecule has 18 heavy (non-hydrogen) atoms. The van der Waals surface area contributed by atoms with Crippen molar-refractivity contribution in [2.75, 3.05) is 10.5 Å². The van der Waals surface area contributed by atoms with Gasteiger partial charge in [0.1, 0.15) is 4.90 Å². The number of anilines is 2. The SMILES string of the molecule is Cc1n[nH]c(C)c1S(=O)(=O)Nc1cccc(N)c1. The molecule has 0 saturated heterocycles. The number of nitrogens with zero attached hydrogens (tertiary/aromatic N) is 1. The smallest absolute Gasteiger partial charge is 0.265 e. The zero-order valence-electron chi connectivity index (χ0n) is 10.1. The summed E-state index contributed by atoms with van der Waals surface area (Å²) >= 11 is 0. The van der Waals surface area contributed by atoms with Crippen LogP contribution in [0.1, 0.15) is 11.4 Å². The third-order valence-corrected chi connectivity index (χ3v) is 4.11. The first-order valence-electron chi connectivity index (χ1n) is 5.30. The molecule has 2 rings (SSSR count). The molecule has 0 amide bonds. The molecule has 2 aromatic rings. The number of nitrogen functional groups attached to an aromatic ring is 1. The number of H-pyrrole nitrogens is 1. The predicted molar refractivity (Wildman–Crippen MR) is 69.7 cm³/mol. The van der Waals surface area contributed by atoms with Crippen molar-refractivity contribution in [3.8, 4) is 0 Å². The number of aromatic nitrogens is 2. The van der Waals surface area contributed by atoms with E-state index in [0.717, 1.165) is 0 Å². The molecule has 0 spiro atoms. The van der Waals surface area contributed by atoms with Crippen LogP contribution in [0.3, 0.4) is 0 Å². The summed E-state index contributed by atoms with van der Waals surface area (Å²) in [4.78, 5) is 0.171. The van der Waals surface area contributed by atoms with Crippen molar-refractivity contribution in [1.29, 1.82) is 0 Å². The van der Waals surface area contributed by atoms with E-state index in [-0.39, 0.29) is 4.90 Å². The van der Waals surface area contributed by atoms with Crippen molar-refractivity contribution in [3.63, 3.8) is 0 Å². The summed E-state index contributed by atoms with van der Waals surface area (Å²) in [5.41, 5.74) is 7.46. The second-order valence-electron chi connectivity index (χ2n) is 3.99. The maximum Gasteiger partial charge on any atom is 0.265 e. The molecule has 1 aromatic carbocycles. The molecule has 6 nitrogen and oxygen atoms in total. The standard InChI is InChI=1S/C11H14N4O2S/c1-7-11(8(2)14-13-7)18(16,17)15-10-5-3-4-9(12)6-10/h3-6,15H,12H2,1-2H3,(H,13,14). The van der Waals surface area contributed by atoms with Crippen LogP contribution in [0.25, 0.3) is 0 Å². The molecule has 0 saturated carbocycles. The van der Waals surface area contributed by atoms with Crippen LogP contribution in [0, 0.1) is 13.8 Å². The summed E-state index contributed by atoms with van der Waals surface area (Å²) in [6.45, 7) is 3.30. The van der Waals surface area contributed by atoms with Gasteiger partial charge in [-0.15, -0.1) is 0 Å². The lowest BCUT2D eigenvalue weighted by Gasteiger charge is -2.08. The van der Waals surface area contributed by atoms with Gasteiger partial charge in [0.2, 0.25) is 0 Å². The van der Waals surface area contributed by atoms with Crippen LogP contribution in [0.15, 0.2) is 29.2 Å². The Hall–Kier alpha value is -2.02. The van der Waals surface area contributed by atoms with Crippen molar-refractivity contribution in [3.05, 3.63) is 35.7 Å². The molecule has 0 aliphatic heterocycles. The van der Waals surface area contributed by atoms with Gasteiger partial charge in [0.05, 0.1) is 17.1 Å². The number of nitrogens with one attached hydrogen (secondary N) is 2. The lowest BCUT2D eigenvalue weighted by atomic mass is 10.3. The van der Waals surface area contributed by atoms with Gasteiger partial charge < -0.3 is 5.73 Å². The Morgan fingerprint density at radius 2 is 2.06 bits per heavy atom. The largest absolute Gasteiger partial charge is 0.399 e. The number of hydrogen-bond donors (Lipinski definition) is 3. The molecule has 0 radical (unpaired) electrons. The summed E-state index contributed by atoms with van der Waals surface area (Å²) in [7, 11) is -3.65. The zero-order chi connectivity index (χ0) is 13.3. The highest BCUT2D eigenvalue weighted by Gasteiger charge is 2.22. The van der Waals surface area contributed by atoms with Crippen molar-refractivity contribution >= 4 is 21.4 Å². The first kappa shape index (κ1) is 12.4. The van der Waals surface area contributed by atoms with Crippen molar-refractivity contribution in [1.82, 2.24) is 10.2 Å². The Kier molecular flexibility index (Phi) is 3.00. The first-order chi connectivity index (χ1) is 8.40. The molecular weight excluding hydrogens is 252 g/mol. The summed E-state index contributed by atoms with van der Waals surface area (Å²) < 4.78 is 26.9. The van der Waals surface area contributed by atoms with Gasteiger partial charge in [0.15, 0.2) is 0 Å². The number of benzene rings is 1. The lowest BCUT2D eigenvalue weighted by Crippen LogP contribution is -2.14. The second-order valence-corrected chi connectivity index (χ2v) is 5.61. The van der Waals surface area contributed by atoms with Gasteiger partial charge in [-0.3, -0.25) is 9.82 Å². The van der Waals surface area contributed by atoms with Crippen LogP contribution in [0.5, 0.6) is 0 Å². The fraction of sp³-hybridized carbons (Fsp3) is 0.182.